The number of benzene rings is 3. The Labute approximate surface area is 324 Å². The van der Waals surface area contributed by atoms with Crippen molar-refractivity contribution < 1.29 is 23.6 Å². The molecule has 1 aromatic heterocycles. The monoisotopic (exact) mass is 753 g/mol. The van der Waals surface area contributed by atoms with Gasteiger partial charge in [0.2, 0.25) is 0 Å². The summed E-state index contributed by atoms with van der Waals surface area (Å²) in [7, 11) is 1.05. The molecule has 1 saturated carbocycles. The van der Waals surface area contributed by atoms with E-state index in [1.807, 2.05) is 37.8 Å². The van der Waals surface area contributed by atoms with E-state index in [1.54, 1.807) is 0 Å². The molecule has 1 saturated heterocycles. The van der Waals surface area contributed by atoms with Gasteiger partial charge in [0, 0.05) is 25.0 Å². The van der Waals surface area contributed by atoms with Crippen molar-refractivity contribution in [2.75, 3.05) is 33.8 Å². The van der Waals surface area contributed by atoms with Crippen LogP contribution < -0.4 is 15.1 Å². The molecule has 0 radical (unpaired) electrons. The Morgan fingerprint density at radius 1 is 0.889 bits per heavy atom. The van der Waals surface area contributed by atoms with Crippen molar-refractivity contribution in [1.29, 1.82) is 0 Å². The Morgan fingerprint density at radius 3 is 2.09 bits per heavy atom. The number of piperidine rings is 1. The summed E-state index contributed by atoms with van der Waals surface area (Å²) in [6, 6.07) is 25.0. The molecule has 54 heavy (non-hydrogen) atoms. The number of ether oxygens (including phenoxy) is 2. The van der Waals surface area contributed by atoms with Crippen molar-refractivity contribution in [3.8, 4) is 5.75 Å². The first-order chi connectivity index (χ1) is 25.7. The molecule has 4 aromatic rings. The van der Waals surface area contributed by atoms with Crippen molar-refractivity contribution >= 4 is 35.8 Å². The normalized spacial score (nSPS) is 19.0. The number of rotatable bonds is 13. The Hall–Kier alpha value is -3.66. The van der Waals surface area contributed by atoms with Gasteiger partial charge in [-0.15, -0.1) is 0 Å². The summed E-state index contributed by atoms with van der Waals surface area (Å²) in [5.74, 6) is 2.26. The van der Waals surface area contributed by atoms with Crippen molar-refractivity contribution in [3.05, 3.63) is 84.1 Å². The number of aromatic nitrogens is 1. The van der Waals surface area contributed by atoms with E-state index in [0.29, 0.717) is 30.9 Å². The molecule has 2 heterocycles. The van der Waals surface area contributed by atoms with Crippen LogP contribution in [-0.4, -0.2) is 73.6 Å². The molecule has 1 amide bonds. The number of amides is 1. The molecule has 1 N–H and O–H groups in total. The van der Waals surface area contributed by atoms with Gasteiger partial charge in [-0.1, -0.05) is 98.9 Å². The highest BCUT2D eigenvalue weighted by Crippen LogP contribution is 2.47. The topological polar surface area (TPSA) is 88.3 Å². The molecule has 0 bridgehead atoms. The highest BCUT2D eigenvalue weighted by atomic mass is 28.4. The summed E-state index contributed by atoms with van der Waals surface area (Å²) >= 11 is 0. The highest BCUT2D eigenvalue weighted by Gasteiger charge is 2.51. The lowest BCUT2D eigenvalue weighted by Crippen LogP contribution is -2.65. The second-order valence-corrected chi connectivity index (χ2v) is 21.8. The van der Waals surface area contributed by atoms with E-state index < -0.39 is 13.9 Å². The molecule has 8 nitrogen and oxygen atoms in total. The van der Waals surface area contributed by atoms with Crippen LogP contribution in [0.25, 0.3) is 11.0 Å². The smallest absolute Gasteiger partial charge is 0.410 e. The lowest BCUT2D eigenvalue weighted by Gasteiger charge is -2.45. The van der Waals surface area contributed by atoms with E-state index in [1.165, 1.54) is 12.8 Å². The molecule has 3 aromatic carbocycles. The predicted molar refractivity (Wildman–Crippen MR) is 220 cm³/mol. The van der Waals surface area contributed by atoms with Crippen LogP contribution in [-0.2, 0) is 17.7 Å². The van der Waals surface area contributed by atoms with E-state index in [4.69, 9.17) is 14.0 Å². The van der Waals surface area contributed by atoms with Crippen LogP contribution in [0.15, 0.2) is 77.3 Å². The third-order valence-electron chi connectivity index (χ3n) is 12.0. The Bertz CT molecular complexity index is 1770. The van der Waals surface area contributed by atoms with Crippen LogP contribution in [0.4, 0.5) is 4.79 Å². The number of likely N-dealkylation sites (tertiary alicyclic amines) is 1. The van der Waals surface area contributed by atoms with Crippen LogP contribution in [0.2, 0.25) is 5.04 Å². The summed E-state index contributed by atoms with van der Waals surface area (Å²) in [5, 5.41) is 7.50. The maximum absolute atomic E-state index is 12.9. The van der Waals surface area contributed by atoms with E-state index >= 15 is 0 Å². The van der Waals surface area contributed by atoms with Crippen LogP contribution in [0, 0.1) is 17.8 Å². The summed E-state index contributed by atoms with van der Waals surface area (Å²) < 4.78 is 18.5. The van der Waals surface area contributed by atoms with Gasteiger partial charge in [-0.05, 0) is 119 Å². The van der Waals surface area contributed by atoms with E-state index in [9.17, 15) is 9.59 Å². The number of hydrogen-bond donors (Lipinski definition) is 1. The zero-order valence-corrected chi connectivity index (χ0v) is 34.8. The highest BCUT2D eigenvalue weighted by molar-refractivity contribution is 6.98. The summed E-state index contributed by atoms with van der Waals surface area (Å²) in [6.45, 7) is 13.1. The molecule has 292 valence electrons. The van der Waals surface area contributed by atoms with Gasteiger partial charge in [0.05, 0.1) is 17.9 Å². The fourth-order valence-corrected chi connectivity index (χ4v) is 12.8. The average molecular weight is 754 g/mol. The first-order valence-corrected chi connectivity index (χ1v) is 22.2. The molecule has 6 rings (SSSR count). The lowest BCUT2D eigenvalue weighted by molar-refractivity contribution is 0.0181. The molecule has 0 spiro atoms. The summed E-state index contributed by atoms with van der Waals surface area (Å²) in [5.41, 5.74) is 2.38. The maximum atomic E-state index is 12.9. The van der Waals surface area contributed by atoms with Gasteiger partial charge in [-0.2, -0.15) is 0 Å². The predicted octanol–water partition coefficient (Wildman–Crippen LogP) is 8.58. The third kappa shape index (κ3) is 9.23. The minimum absolute atomic E-state index is 0.210. The molecular formula is C45H63N3O5Si. The number of nitrogens with zero attached hydrogens (tertiary/aromatic N) is 3. The molecule has 2 fully saturated rings. The van der Waals surface area contributed by atoms with Gasteiger partial charge < -0.3 is 28.6 Å². The average Bonchev–Trinajstić information content (AvgIpc) is 3.57. The molecule has 2 atom stereocenters. The number of hydrogen-bond acceptors (Lipinski definition) is 7. The van der Waals surface area contributed by atoms with E-state index in [2.05, 4.69) is 98.7 Å². The van der Waals surface area contributed by atoms with Crippen LogP contribution >= 0.6 is 0 Å². The number of carbonyl (C=O) groups is 1. The zero-order valence-electron chi connectivity index (χ0n) is 33.8. The SMILES string of the molecule is CN(C)Cc1c(OC[C@@H]2CCCC[C@H]2CC(C)(C)[Si](O)(c2ccccc2)c2ccccc2)ccc2c(CCC3CCN(C(=O)OC(C)(C)C)CC3)noc12. The number of carbonyl (C=O) groups excluding carboxylic acids is 1. The summed E-state index contributed by atoms with van der Waals surface area (Å²) in [6.07, 6.45) is 9.24. The largest absolute Gasteiger partial charge is 0.493 e. The lowest BCUT2D eigenvalue weighted by atomic mass is 9.75. The minimum Gasteiger partial charge on any atom is -0.493 e. The summed E-state index contributed by atoms with van der Waals surface area (Å²) in [4.78, 5) is 29.4. The minimum atomic E-state index is -3.11. The fraction of sp³-hybridized carbons (Fsp3) is 0.556. The van der Waals surface area contributed by atoms with Crippen LogP contribution in [0.1, 0.15) is 97.2 Å². The van der Waals surface area contributed by atoms with Gasteiger partial charge in [0.25, 0.3) is 8.32 Å². The molecule has 2 aliphatic rings. The van der Waals surface area contributed by atoms with Gasteiger partial charge in [0.1, 0.15) is 11.4 Å². The Kier molecular flexibility index (Phi) is 12.6. The molecule has 0 unspecified atom stereocenters. The molecular weight excluding hydrogens is 691 g/mol. The van der Waals surface area contributed by atoms with Crippen molar-refractivity contribution in [3.63, 3.8) is 0 Å². The van der Waals surface area contributed by atoms with E-state index in [0.717, 1.165) is 96.4 Å². The second kappa shape index (κ2) is 17.0. The van der Waals surface area contributed by atoms with Gasteiger partial charge in [-0.3, -0.25) is 0 Å². The first kappa shape index (κ1) is 40.0. The van der Waals surface area contributed by atoms with Gasteiger partial charge >= 0.3 is 6.09 Å². The first-order valence-electron chi connectivity index (χ1n) is 20.2. The van der Waals surface area contributed by atoms with Crippen molar-refractivity contribution in [2.45, 2.75) is 110 Å². The van der Waals surface area contributed by atoms with Gasteiger partial charge in [0.15, 0.2) is 5.58 Å². The van der Waals surface area contributed by atoms with Crippen LogP contribution in [0.3, 0.4) is 0 Å². The Morgan fingerprint density at radius 2 is 1.50 bits per heavy atom. The van der Waals surface area contributed by atoms with Crippen molar-refractivity contribution in [2.24, 2.45) is 17.8 Å². The second-order valence-electron chi connectivity index (χ2n) is 17.9. The zero-order chi connectivity index (χ0) is 38.5. The number of fused-ring (bicyclic) bond motifs is 1. The number of aryl methyl sites for hydroxylation is 1. The fourth-order valence-electron chi connectivity index (χ4n) is 9.02. The molecule has 1 aliphatic carbocycles. The maximum Gasteiger partial charge on any atom is 0.410 e. The van der Waals surface area contributed by atoms with Gasteiger partial charge in [-0.25, -0.2) is 4.79 Å². The molecule has 1 aliphatic heterocycles. The third-order valence-corrected chi connectivity index (χ3v) is 16.5. The quantitative estimate of drug-likeness (QED) is 0.137. The molecule has 9 heteroatoms. The van der Waals surface area contributed by atoms with Crippen molar-refractivity contribution in [1.82, 2.24) is 15.0 Å². The standard InChI is InChI=1S/C45H63N3O5Si/c1-44(2,3)52-43(49)48-28-26-33(27-29-48)22-24-40-38-23-25-41(39(31-47(6)7)42(38)53-46-40)51-32-35-17-15-14-16-34(35)30-45(4,5)54(50,36-18-10-8-11-19-36)37-20-12-9-13-21-37/h8-13,18-21,23,25,33-35,50H,14-17,22,24,26-32H2,1-7H3/t34-,35-/m0/s1. The van der Waals surface area contributed by atoms with Crippen LogP contribution in [0.5, 0.6) is 5.75 Å². The van der Waals surface area contributed by atoms with E-state index in [-0.39, 0.29) is 11.1 Å². The Balaban J connectivity index is 1.14.